The van der Waals surface area contributed by atoms with Crippen LogP contribution in [0.1, 0.15) is 47.0 Å². The number of thiophene rings is 1. The zero-order valence-electron chi connectivity index (χ0n) is 10.9. The smallest absolute Gasteiger partial charge is 0.257 e. The number of nitrogens with two attached hydrogens (primary N) is 1. The van der Waals surface area contributed by atoms with E-state index in [0.717, 1.165) is 55.3 Å². The number of fused-ring (bicyclic) bond motifs is 1. The van der Waals surface area contributed by atoms with Crippen LogP contribution < -0.4 is 5.73 Å². The van der Waals surface area contributed by atoms with Crippen molar-refractivity contribution < 1.29 is 4.79 Å². The molecule has 2 heterocycles. The number of hydrogen-bond acceptors (Lipinski definition) is 3. The number of hydrogen-bond donors (Lipinski definition) is 1. The highest BCUT2D eigenvalue weighted by Crippen LogP contribution is 2.38. The van der Waals surface area contributed by atoms with Crippen molar-refractivity contribution in [3.8, 4) is 0 Å². The standard InChI is InChI=1S/C14H20N2OS/c1-9-4-5-10-11(8-9)18-13(15)12(10)14(17)16-6-2-3-7-16/h9H,2-8,15H2,1H3. The van der Waals surface area contributed by atoms with Gasteiger partial charge in [-0.1, -0.05) is 6.92 Å². The zero-order valence-corrected chi connectivity index (χ0v) is 11.7. The molecule has 0 bridgehead atoms. The van der Waals surface area contributed by atoms with E-state index in [2.05, 4.69) is 6.92 Å². The topological polar surface area (TPSA) is 46.3 Å². The van der Waals surface area contributed by atoms with Gasteiger partial charge in [0.2, 0.25) is 0 Å². The molecule has 1 aromatic rings. The van der Waals surface area contributed by atoms with Crippen LogP contribution in [0.5, 0.6) is 0 Å². The minimum Gasteiger partial charge on any atom is -0.390 e. The largest absolute Gasteiger partial charge is 0.390 e. The summed E-state index contributed by atoms with van der Waals surface area (Å²) in [5, 5.41) is 0.742. The van der Waals surface area contributed by atoms with Gasteiger partial charge in [0.15, 0.2) is 0 Å². The molecule has 1 unspecified atom stereocenters. The van der Waals surface area contributed by atoms with Crippen molar-refractivity contribution in [1.29, 1.82) is 0 Å². The molecule has 1 atom stereocenters. The predicted octanol–water partition coefficient (Wildman–Crippen LogP) is 2.69. The summed E-state index contributed by atoms with van der Waals surface area (Å²) in [7, 11) is 0. The molecule has 0 aromatic carbocycles. The monoisotopic (exact) mass is 264 g/mol. The van der Waals surface area contributed by atoms with Crippen LogP contribution in [0.25, 0.3) is 0 Å². The maximum atomic E-state index is 12.5. The van der Waals surface area contributed by atoms with Crippen LogP contribution in [0.4, 0.5) is 5.00 Å². The first-order valence-electron chi connectivity index (χ1n) is 6.86. The van der Waals surface area contributed by atoms with E-state index in [4.69, 9.17) is 5.73 Å². The van der Waals surface area contributed by atoms with Gasteiger partial charge in [0, 0.05) is 18.0 Å². The fraction of sp³-hybridized carbons (Fsp3) is 0.643. The Balaban J connectivity index is 1.94. The first kappa shape index (κ1) is 12.0. The lowest BCUT2D eigenvalue weighted by molar-refractivity contribution is 0.0793. The van der Waals surface area contributed by atoms with Gasteiger partial charge < -0.3 is 10.6 Å². The van der Waals surface area contributed by atoms with E-state index in [9.17, 15) is 4.79 Å². The van der Waals surface area contributed by atoms with E-state index >= 15 is 0 Å². The zero-order chi connectivity index (χ0) is 12.7. The first-order valence-corrected chi connectivity index (χ1v) is 7.67. The van der Waals surface area contributed by atoms with Crippen molar-refractivity contribution in [3.63, 3.8) is 0 Å². The minimum atomic E-state index is 0.178. The summed E-state index contributed by atoms with van der Waals surface area (Å²) in [5.41, 5.74) is 8.20. The SMILES string of the molecule is CC1CCc2c(sc(N)c2C(=O)N2CCCC2)C1. The molecule has 0 radical (unpaired) electrons. The van der Waals surface area contributed by atoms with E-state index in [-0.39, 0.29) is 5.91 Å². The van der Waals surface area contributed by atoms with Crippen molar-refractivity contribution >= 4 is 22.2 Å². The fourth-order valence-corrected chi connectivity index (χ4v) is 4.36. The third-order valence-corrected chi connectivity index (χ3v) is 5.23. The number of likely N-dealkylation sites (tertiary alicyclic amines) is 1. The predicted molar refractivity (Wildman–Crippen MR) is 75.1 cm³/mol. The van der Waals surface area contributed by atoms with Crippen molar-refractivity contribution in [2.24, 2.45) is 5.92 Å². The number of nitrogens with zero attached hydrogens (tertiary/aromatic N) is 1. The molecule has 1 saturated heterocycles. The summed E-state index contributed by atoms with van der Waals surface area (Å²) in [5.74, 6) is 0.905. The Kier molecular flexibility index (Phi) is 3.06. The second kappa shape index (κ2) is 4.57. The molecule has 3 rings (SSSR count). The Hall–Kier alpha value is -1.03. The molecule has 2 N–H and O–H groups in total. The van der Waals surface area contributed by atoms with Crippen molar-refractivity contribution in [1.82, 2.24) is 4.90 Å². The number of rotatable bonds is 1. The normalized spacial score (nSPS) is 23.2. The molecule has 0 saturated carbocycles. The van der Waals surface area contributed by atoms with Crippen LogP contribution in [-0.2, 0) is 12.8 Å². The number of nitrogen functional groups attached to an aromatic ring is 1. The van der Waals surface area contributed by atoms with Gasteiger partial charge in [-0.05, 0) is 43.6 Å². The van der Waals surface area contributed by atoms with Gasteiger partial charge in [-0.3, -0.25) is 4.79 Å². The van der Waals surface area contributed by atoms with E-state index in [0.29, 0.717) is 0 Å². The molecule has 3 nitrogen and oxygen atoms in total. The summed E-state index contributed by atoms with van der Waals surface area (Å²) in [4.78, 5) is 15.9. The lowest BCUT2D eigenvalue weighted by Crippen LogP contribution is -2.29. The minimum absolute atomic E-state index is 0.178. The highest BCUT2D eigenvalue weighted by Gasteiger charge is 2.29. The van der Waals surface area contributed by atoms with Crippen LogP contribution in [0.15, 0.2) is 0 Å². The lowest BCUT2D eigenvalue weighted by atomic mass is 9.88. The number of anilines is 1. The molecular formula is C14H20N2OS. The van der Waals surface area contributed by atoms with Crippen LogP contribution in [0, 0.1) is 5.92 Å². The van der Waals surface area contributed by atoms with E-state index in [1.54, 1.807) is 11.3 Å². The van der Waals surface area contributed by atoms with E-state index in [1.165, 1.54) is 16.9 Å². The summed E-state index contributed by atoms with van der Waals surface area (Å²) < 4.78 is 0. The van der Waals surface area contributed by atoms with Gasteiger partial charge >= 0.3 is 0 Å². The molecule has 98 valence electrons. The van der Waals surface area contributed by atoms with Crippen molar-refractivity contribution in [2.75, 3.05) is 18.8 Å². The van der Waals surface area contributed by atoms with Gasteiger partial charge in [-0.15, -0.1) is 11.3 Å². The van der Waals surface area contributed by atoms with Gasteiger partial charge in [-0.25, -0.2) is 0 Å². The summed E-state index contributed by atoms with van der Waals surface area (Å²) >= 11 is 1.64. The number of carbonyl (C=O) groups is 1. The molecule has 1 aromatic heterocycles. The second-order valence-corrected chi connectivity index (χ2v) is 6.73. The van der Waals surface area contributed by atoms with Crippen molar-refractivity contribution in [3.05, 3.63) is 16.0 Å². The molecular weight excluding hydrogens is 244 g/mol. The summed E-state index contributed by atoms with van der Waals surface area (Å²) in [6, 6.07) is 0. The van der Waals surface area contributed by atoms with Gasteiger partial charge in [0.25, 0.3) is 5.91 Å². The Morgan fingerprint density at radius 3 is 2.83 bits per heavy atom. The molecule has 0 spiro atoms. The maximum absolute atomic E-state index is 12.5. The first-order chi connectivity index (χ1) is 8.66. The van der Waals surface area contributed by atoms with Crippen LogP contribution in [0.3, 0.4) is 0 Å². The quantitative estimate of drug-likeness (QED) is 0.847. The molecule has 1 aliphatic carbocycles. The van der Waals surface area contributed by atoms with Crippen LogP contribution >= 0.6 is 11.3 Å². The lowest BCUT2D eigenvalue weighted by Gasteiger charge is -2.20. The average molecular weight is 264 g/mol. The van der Waals surface area contributed by atoms with Crippen molar-refractivity contribution in [2.45, 2.75) is 39.0 Å². The molecule has 1 fully saturated rings. The molecule has 1 amide bonds. The molecule has 4 heteroatoms. The highest BCUT2D eigenvalue weighted by molar-refractivity contribution is 7.16. The van der Waals surface area contributed by atoms with Crippen LogP contribution in [0.2, 0.25) is 0 Å². The van der Waals surface area contributed by atoms with Gasteiger partial charge in [0.05, 0.1) is 10.6 Å². The fourth-order valence-electron chi connectivity index (χ4n) is 3.08. The molecule has 2 aliphatic rings. The second-order valence-electron chi connectivity index (χ2n) is 5.59. The summed E-state index contributed by atoms with van der Waals surface area (Å²) in [6.45, 7) is 4.08. The third kappa shape index (κ3) is 1.92. The number of carbonyl (C=O) groups excluding carboxylic acids is 1. The average Bonchev–Trinajstić information content (AvgIpc) is 2.94. The summed E-state index contributed by atoms with van der Waals surface area (Å²) in [6.07, 6.45) is 5.57. The number of amides is 1. The Morgan fingerprint density at radius 1 is 1.39 bits per heavy atom. The van der Waals surface area contributed by atoms with Crippen LogP contribution in [-0.4, -0.2) is 23.9 Å². The molecule has 18 heavy (non-hydrogen) atoms. The molecule has 1 aliphatic heterocycles. The Bertz CT molecular complexity index is 474. The van der Waals surface area contributed by atoms with Gasteiger partial charge in [-0.2, -0.15) is 0 Å². The third-order valence-electron chi connectivity index (χ3n) is 4.15. The Labute approximate surface area is 112 Å². The van der Waals surface area contributed by atoms with E-state index in [1.807, 2.05) is 4.90 Å². The highest BCUT2D eigenvalue weighted by atomic mass is 32.1. The maximum Gasteiger partial charge on any atom is 0.257 e. The van der Waals surface area contributed by atoms with E-state index < -0.39 is 0 Å². The van der Waals surface area contributed by atoms with Gasteiger partial charge in [0.1, 0.15) is 0 Å². The Morgan fingerprint density at radius 2 is 2.11 bits per heavy atom.